The Hall–Kier alpha value is -2.88. The average Bonchev–Trinajstić information content (AvgIpc) is 2.74. The monoisotopic (exact) mass is 362 g/mol. The standard InChI is InChI=1S/C23H26N2O2/c1-3-4-5-6-18-7-9-19(10-8-18)17-27-23-16-24-22(15-25-23)20-11-13-21(26-2)14-12-20/h7-16H,3-6,17H2,1-2H3. The number of ether oxygens (including phenoxy) is 2. The highest BCUT2D eigenvalue weighted by Crippen LogP contribution is 2.21. The van der Waals surface area contributed by atoms with Crippen LogP contribution in [0.5, 0.6) is 11.6 Å². The van der Waals surface area contributed by atoms with E-state index in [-0.39, 0.29) is 0 Å². The van der Waals surface area contributed by atoms with Crippen molar-refractivity contribution in [3.8, 4) is 22.9 Å². The molecular weight excluding hydrogens is 336 g/mol. The number of benzene rings is 2. The zero-order chi connectivity index (χ0) is 18.9. The molecule has 0 fully saturated rings. The van der Waals surface area contributed by atoms with Crippen molar-refractivity contribution in [2.24, 2.45) is 0 Å². The van der Waals surface area contributed by atoms with Gasteiger partial charge in [0.25, 0.3) is 0 Å². The summed E-state index contributed by atoms with van der Waals surface area (Å²) in [5.74, 6) is 1.35. The molecule has 0 saturated heterocycles. The second kappa shape index (κ2) is 9.72. The molecule has 0 aliphatic heterocycles. The van der Waals surface area contributed by atoms with Gasteiger partial charge in [-0.05, 0) is 48.2 Å². The summed E-state index contributed by atoms with van der Waals surface area (Å²) in [6.45, 7) is 2.72. The topological polar surface area (TPSA) is 44.2 Å². The smallest absolute Gasteiger partial charge is 0.232 e. The first-order valence-electron chi connectivity index (χ1n) is 9.45. The number of hydrogen-bond donors (Lipinski definition) is 0. The van der Waals surface area contributed by atoms with E-state index in [9.17, 15) is 0 Å². The van der Waals surface area contributed by atoms with Crippen LogP contribution in [0.15, 0.2) is 60.9 Å². The van der Waals surface area contributed by atoms with Crippen LogP contribution in [-0.4, -0.2) is 17.1 Å². The zero-order valence-electron chi connectivity index (χ0n) is 16.0. The largest absolute Gasteiger partial charge is 0.497 e. The first-order valence-corrected chi connectivity index (χ1v) is 9.45. The molecule has 3 aromatic rings. The van der Waals surface area contributed by atoms with Crippen LogP contribution in [-0.2, 0) is 13.0 Å². The molecule has 0 unspecified atom stereocenters. The van der Waals surface area contributed by atoms with Gasteiger partial charge in [0.15, 0.2) is 0 Å². The summed E-state index contributed by atoms with van der Waals surface area (Å²) in [6.07, 6.45) is 8.34. The Balaban J connectivity index is 1.53. The molecule has 0 spiro atoms. The third kappa shape index (κ3) is 5.55. The summed E-state index contributed by atoms with van der Waals surface area (Å²) < 4.78 is 10.9. The molecule has 1 aromatic heterocycles. The molecule has 4 nitrogen and oxygen atoms in total. The Labute approximate surface area is 161 Å². The number of aryl methyl sites for hydroxylation is 1. The predicted molar refractivity (Wildman–Crippen MR) is 108 cm³/mol. The summed E-state index contributed by atoms with van der Waals surface area (Å²) in [5.41, 5.74) is 4.32. The SMILES string of the molecule is CCCCCc1ccc(COc2cnc(-c3ccc(OC)cc3)cn2)cc1. The van der Waals surface area contributed by atoms with Crippen molar-refractivity contribution < 1.29 is 9.47 Å². The quantitative estimate of drug-likeness (QED) is 0.474. The zero-order valence-corrected chi connectivity index (χ0v) is 16.0. The molecule has 140 valence electrons. The lowest BCUT2D eigenvalue weighted by Crippen LogP contribution is -1.98. The van der Waals surface area contributed by atoms with Gasteiger partial charge in [0, 0.05) is 5.56 Å². The molecule has 0 amide bonds. The molecule has 4 heteroatoms. The number of rotatable bonds is 9. The van der Waals surface area contributed by atoms with Crippen molar-refractivity contribution in [1.29, 1.82) is 0 Å². The molecule has 2 aromatic carbocycles. The second-order valence-corrected chi connectivity index (χ2v) is 6.53. The number of hydrogen-bond acceptors (Lipinski definition) is 4. The highest BCUT2D eigenvalue weighted by atomic mass is 16.5. The summed E-state index contributed by atoms with van der Waals surface area (Å²) >= 11 is 0. The van der Waals surface area contributed by atoms with Crippen LogP contribution in [0.3, 0.4) is 0 Å². The van der Waals surface area contributed by atoms with E-state index in [2.05, 4.69) is 41.2 Å². The Bertz CT molecular complexity index is 813. The van der Waals surface area contributed by atoms with E-state index in [4.69, 9.17) is 9.47 Å². The van der Waals surface area contributed by atoms with Gasteiger partial charge in [0.05, 0.1) is 25.2 Å². The first-order chi connectivity index (χ1) is 13.3. The first kappa shape index (κ1) is 18.9. The maximum atomic E-state index is 5.76. The van der Waals surface area contributed by atoms with E-state index in [1.807, 2.05) is 24.3 Å². The normalized spacial score (nSPS) is 10.6. The number of methoxy groups -OCH3 is 1. The minimum atomic E-state index is 0.492. The molecule has 1 heterocycles. The van der Waals surface area contributed by atoms with Crippen molar-refractivity contribution >= 4 is 0 Å². The lowest BCUT2D eigenvalue weighted by atomic mass is 10.1. The van der Waals surface area contributed by atoms with Crippen LogP contribution in [0.25, 0.3) is 11.3 Å². The molecule has 0 N–H and O–H groups in total. The van der Waals surface area contributed by atoms with Gasteiger partial charge >= 0.3 is 0 Å². The second-order valence-electron chi connectivity index (χ2n) is 6.53. The average molecular weight is 362 g/mol. The lowest BCUT2D eigenvalue weighted by molar-refractivity contribution is 0.292. The Morgan fingerprint density at radius 1 is 0.815 bits per heavy atom. The number of nitrogens with zero attached hydrogens (tertiary/aromatic N) is 2. The number of aromatic nitrogens is 2. The van der Waals surface area contributed by atoms with Crippen LogP contribution in [0, 0.1) is 0 Å². The number of unbranched alkanes of at least 4 members (excludes halogenated alkanes) is 2. The third-order valence-corrected chi connectivity index (χ3v) is 4.49. The minimum absolute atomic E-state index is 0.492. The van der Waals surface area contributed by atoms with Gasteiger partial charge in [0.2, 0.25) is 5.88 Å². The van der Waals surface area contributed by atoms with E-state index < -0.39 is 0 Å². The molecule has 0 radical (unpaired) electrons. The predicted octanol–water partition coefficient (Wildman–Crippen LogP) is 5.46. The van der Waals surface area contributed by atoms with Crippen molar-refractivity contribution in [3.63, 3.8) is 0 Å². The summed E-state index contributed by atoms with van der Waals surface area (Å²) in [4.78, 5) is 8.81. The molecule has 3 rings (SSSR count). The summed E-state index contributed by atoms with van der Waals surface area (Å²) in [5, 5.41) is 0. The van der Waals surface area contributed by atoms with Crippen LogP contribution in [0.2, 0.25) is 0 Å². The van der Waals surface area contributed by atoms with E-state index >= 15 is 0 Å². The molecule has 27 heavy (non-hydrogen) atoms. The van der Waals surface area contributed by atoms with Gasteiger partial charge < -0.3 is 9.47 Å². The van der Waals surface area contributed by atoms with Crippen LogP contribution >= 0.6 is 0 Å². The summed E-state index contributed by atoms with van der Waals surface area (Å²) in [6, 6.07) is 16.4. The lowest BCUT2D eigenvalue weighted by Gasteiger charge is -2.07. The molecule has 0 atom stereocenters. The minimum Gasteiger partial charge on any atom is -0.497 e. The Morgan fingerprint density at radius 2 is 1.56 bits per heavy atom. The van der Waals surface area contributed by atoms with Crippen molar-refractivity contribution in [2.45, 2.75) is 39.2 Å². The van der Waals surface area contributed by atoms with Crippen molar-refractivity contribution in [1.82, 2.24) is 9.97 Å². The van der Waals surface area contributed by atoms with E-state index in [1.165, 1.54) is 24.8 Å². The van der Waals surface area contributed by atoms with Gasteiger partial charge in [-0.1, -0.05) is 44.0 Å². The Morgan fingerprint density at radius 3 is 2.19 bits per heavy atom. The maximum Gasteiger partial charge on any atom is 0.232 e. The van der Waals surface area contributed by atoms with Crippen molar-refractivity contribution in [3.05, 3.63) is 72.1 Å². The maximum absolute atomic E-state index is 5.76. The van der Waals surface area contributed by atoms with Crippen LogP contribution in [0.4, 0.5) is 0 Å². The fraction of sp³-hybridized carbons (Fsp3) is 0.304. The van der Waals surface area contributed by atoms with Gasteiger partial charge in [0.1, 0.15) is 12.4 Å². The summed E-state index contributed by atoms with van der Waals surface area (Å²) in [7, 11) is 1.65. The van der Waals surface area contributed by atoms with E-state index in [0.717, 1.165) is 29.0 Å². The van der Waals surface area contributed by atoms with Gasteiger partial charge in [-0.3, -0.25) is 0 Å². The Kier molecular flexibility index (Phi) is 6.80. The molecule has 0 aliphatic rings. The fourth-order valence-corrected chi connectivity index (χ4v) is 2.84. The van der Waals surface area contributed by atoms with Crippen LogP contribution < -0.4 is 9.47 Å². The molecular formula is C23H26N2O2. The molecule has 0 aliphatic carbocycles. The van der Waals surface area contributed by atoms with Gasteiger partial charge in [-0.25, -0.2) is 9.97 Å². The third-order valence-electron chi connectivity index (χ3n) is 4.49. The highest BCUT2D eigenvalue weighted by molar-refractivity contribution is 5.59. The fourth-order valence-electron chi connectivity index (χ4n) is 2.84. The molecule has 0 saturated carbocycles. The molecule has 0 bridgehead atoms. The van der Waals surface area contributed by atoms with E-state index in [0.29, 0.717) is 12.5 Å². The van der Waals surface area contributed by atoms with Crippen LogP contribution in [0.1, 0.15) is 37.3 Å². The van der Waals surface area contributed by atoms with Crippen molar-refractivity contribution in [2.75, 3.05) is 7.11 Å². The van der Waals surface area contributed by atoms with Gasteiger partial charge in [-0.15, -0.1) is 0 Å². The van der Waals surface area contributed by atoms with Gasteiger partial charge in [-0.2, -0.15) is 0 Å². The highest BCUT2D eigenvalue weighted by Gasteiger charge is 2.03. The van der Waals surface area contributed by atoms with E-state index in [1.54, 1.807) is 19.5 Å².